The molecule has 0 spiro atoms. The van der Waals surface area contributed by atoms with Gasteiger partial charge in [-0.1, -0.05) is 12.1 Å². The fourth-order valence-corrected chi connectivity index (χ4v) is 3.34. The SMILES string of the molecule is O=S(=O)(c1cccc(O)c1)N1CC=C(C(F)(F)F)CC1. The highest BCUT2D eigenvalue weighted by Crippen LogP contribution is 2.31. The summed E-state index contributed by atoms with van der Waals surface area (Å²) in [5, 5.41) is 9.28. The van der Waals surface area contributed by atoms with Gasteiger partial charge in [0.25, 0.3) is 0 Å². The lowest BCUT2D eigenvalue weighted by Crippen LogP contribution is -2.36. The fourth-order valence-electron chi connectivity index (χ4n) is 1.92. The Hall–Kier alpha value is -1.54. The van der Waals surface area contributed by atoms with E-state index < -0.39 is 21.8 Å². The van der Waals surface area contributed by atoms with E-state index in [9.17, 15) is 26.7 Å². The molecule has 1 aliphatic heterocycles. The van der Waals surface area contributed by atoms with E-state index in [1.54, 1.807) is 0 Å². The number of hydrogen-bond donors (Lipinski definition) is 1. The number of nitrogens with zero attached hydrogens (tertiary/aromatic N) is 1. The molecule has 8 heteroatoms. The van der Waals surface area contributed by atoms with Gasteiger partial charge in [-0.3, -0.25) is 0 Å². The predicted octanol–water partition coefficient (Wildman–Crippen LogP) is 2.28. The Balaban J connectivity index is 2.24. The van der Waals surface area contributed by atoms with Crippen LogP contribution < -0.4 is 0 Å². The molecule has 0 radical (unpaired) electrons. The van der Waals surface area contributed by atoms with E-state index in [0.29, 0.717) is 0 Å². The quantitative estimate of drug-likeness (QED) is 0.853. The van der Waals surface area contributed by atoms with E-state index in [2.05, 4.69) is 0 Å². The number of phenols is 1. The summed E-state index contributed by atoms with van der Waals surface area (Å²) in [6.45, 7) is -0.559. The van der Waals surface area contributed by atoms with Gasteiger partial charge in [0.2, 0.25) is 10.0 Å². The number of hydrogen-bond acceptors (Lipinski definition) is 3. The molecule has 1 aromatic rings. The Labute approximate surface area is 114 Å². The van der Waals surface area contributed by atoms with Gasteiger partial charge in [-0.15, -0.1) is 0 Å². The van der Waals surface area contributed by atoms with Crippen molar-refractivity contribution in [2.24, 2.45) is 0 Å². The van der Waals surface area contributed by atoms with Crippen molar-refractivity contribution in [3.63, 3.8) is 0 Å². The highest BCUT2D eigenvalue weighted by molar-refractivity contribution is 7.89. The van der Waals surface area contributed by atoms with Crippen molar-refractivity contribution in [3.05, 3.63) is 35.9 Å². The molecule has 110 valence electrons. The molecule has 1 aromatic carbocycles. The second-order valence-corrected chi connectivity index (χ2v) is 6.28. The number of alkyl halides is 3. The van der Waals surface area contributed by atoms with Gasteiger partial charge >= 0.3 is 6.18 Å². The topological polar surface area (TPSA) is 57.6 Å². The van der Waals surface area contributed by atoms with Crippen LogP contribution >= 0.6 is 0 Å². The van der Waals surface area contributed by atoms with Gasteiger partial charge in [-0.05, 0) is 24.6 Å². The minimum Gasteiger partial charge on any atom is -0.508 e. The molecule has 0 fully saturated rings. The summed E-state index contributed by atoms with van der Waals surface area (Å²) in [4.78, 5) is -0.138. The van der Waals surface area contributed by atoms with Gasteiger partial charge < -0.3 is 5.11 Å². The molecule has 0 saturated heterocycles. The van der Waals surface area contributed by atoms with Crippen LogP contribution in [0.1, 0.15) is 6.42 Å². The number of aromatic hydroxyl groups is 1. The van der Waals surface area contributed by atoms with Gasteiger partial charge in [0.05, 0.1) is 4.90 Å². The largest absolute Gasteiger partial charge is 0.508 e. The van der Waals surface area contributed by atoms with E-state index in [1.807, 2.05) is 0 Å². The van der Waals surface area contributed by atoms with Crippen LogP contribution in [0.15, 0.2) is 40.8 Å². The molecule has 0 aliphatic carbocycles. The molecule has 20 heavy (non-hydrogen) atoms. The summed E-state index contributed by atoms with van der Waals surface area (Å²) >= 11 is 0. The number of benzene rings is 1. The lowest BCUT2D eigenvalue weighted by atomic mass is 10.1. The van der Waals surface area contributed by atoms with Crippen LogP contribution in [0.4, 0.5) is 13.2 Å². The van der Waals surface area contributed by atoms with E-state index in [4.69, 9.17) is 0 Å². The Morgan fingerprint density at radius 2 is 1.95 bits per heavy atom. The standard InChI is InChI=1S/C12H12F3NO3S/c13-12(14,15)9-4-6-16(7-5-9)20(18,19)11-3-1-2-10(17)8-11/h1-4,8,17H,5-7H2. The molecule has 0 amide bonds. The zero-order valence-electron chi connectivity index (χ0n) is 10.3. The maximum atomic E-state index is 12.5. The van der Waals surface area contributed by atoms with Crippen LogP contribution in [0.5, 0.6) is 5.75 Å². The Bertz CT molecular complexity index is 638. The average molecular weight is 307 g/mol. The Kier molecular flexibility index (Phi) is 3.79. The average Bonchev–Trinajstić information content (AvgIpc) is 2.38. The Morgan fingerprint density at radius 1 is 1.25 bits per heavy atom. The van der Waals surface area contributed by atoms with Crippen LogP contribution in [0.25, 0.3) is 0 Å². The smallest absolute Gasteiger partial charge is 0.412 e. The van der Waals surface area contributed by atoms with Crippen molar-refractivity contribution in [2.45, 2.75) is 17.5 Å². The fraction of sp³-hybridized carbons (Fsp3) is 0.333. The maximum Gasteiger partial charge on any atom is 0.412 e. The maximum absolute atomic E-state index is 12.5. The third kappa shape index (κ3) is 2.96. The lowest BCUT2D eigenvalue weighted by molar-refractivity contribution is -0.0953. The van der Waals surface area contributed by atoms with E-state index in [1.165, 1.54) is 18.2 Å². The normalized spacial score (nSPS) is 17.9. The zero-order chi connectivity index (χ0) is 15.0. The van der Waals surface area contributed by atoms with Gasteiger partial charge in [0.1, 0.15) is 5.75 Å². The molecule has 2 rings (SSSR count). The second-order valence-electron chi connectivity index (χ2n) is 4.34. The Morgan fingerprint density at radius 3 is 2.45 bits per heavy atom. The lowest BCUT2D eigenvalue weighted by Gasteiger charge is -2.26. The van der Waals surface area contributed by atoms with E-state index >= 15 is 0 Å². The molecule has 1 N–H and O–H groups in total. The molecule has 0 aromatic heterocycles. The first-order chi connectivity index (χ1) is 9.21. The molecule has 0 saturated carbocycles. The third-order valence-electron chi connectivity index (χ3n) is 2.99. The van der Waals surface area contributed by atoms with Crippen LogP contribution in [0, 0.1) is 0 Å². The predicted molar refractivity (Wildman–Crippen MR) is 65.6 cm³/mol. The first kappa shape index (κ1) is 14.9. The van der Waals surface area contributed by atoms with Crippen LogP contribution in [0.3, 0.4) is 0 Å². The van der Waals surface area contributed by atoms with Crippen molar-refractivity contribution in [2.75, 3.05) is 13.1 Å². The first-order valence-corrected chi connectivity index (χ1v) is 7.20. The molecular formula is C12H12F3NO3S. The molecule has 4 nitrogen and oxygen atoms in total. The number of phenolic OH excluding ortho intramolecular Hbond substituents is 1. The summed E-state index contributed by atoms with van der Waals surface area (Å²) in [6, 6.07) is 5.04. The number of sulfonamides is 1. The molecule has 0 bridgehead atoms. The zero-order valence-corrected chi connectivity index (χ0v) is 11.1. The highest BCUT2D eigenvalue weighted by atomic mass is 32.2. The van der Waals surface area contributed by atoms with Crippen molar-refractivity contribution in [1.82, 2.24) is 4.31 Å². The van der Waals surface area contributed by atoms with Crippen molar-refractivity contribution >= 4 is 10.0 Å². The summed E-state index contributed by atoms with van der Waals surface area (Å²) in [5.41, 5.74) is -0.708. The summed E-state index contributed by atoms with van der Waals surface area (Å²) in [6.07, 6.45) is -3.91. The monoisotopic (exact) mass is 307 g/mol. The van der Waals surface area contributed by atoms with Gasteiger partial charge in [0.15, 0.2) is 0 Å². The first-order valence-electron chi connectivity index (χ1n) is 5.76. The summed E-state index contributed by atoms with van der Waals surface area (Å²) < 4.78 is 62.8. The number of rotatable bonds is 2. The second kappa shape index (κ2) is 5.10. The minimum atomic E-state index is -4.42. The molecular weight excluding hydrogens is 295 g/mol. The highest BCUT2D eigenvalue weighted by Gasteiger charge is 2.37. The van der Waals surface area contributed by atoms with Crippen molar-refractivity contribution in [3.8, 4) is 5.75 Å². The summed E-state index contributed by atoms with van der Waals surface area (Å²) in [5.74, 6) is -0.213. The van der Waals surface area contributed by atoms with Crippen LogP contribution in [-0.2, 0) is 10.0 Å². The molecule has 1 aliphatic rings. The van der Waals surface area contributed by atoms with Gasteiger partial charge in [-0.2, -0.15) is 17.5 Å². The molecule has 0 atom stereocenters. The molecule has 0 unspecified atom stereocenters. The van der Waals surface area contributed by atoms with Gasteiger partial charge in [0, 0.05) is 18.7 Å². The molecule has 1 heterocycles. The summed E-state index contributed by atoms with van der Waals surface area (Å²) in [7, 11) is -3.89. The van der Waals surface area contributed by atoms with E-state index in [-0.39, 0.29) is 30.2 Å². The van der Waals surface area contributed by atoms with Crippen molar-refractivity contribution in [1.29, 1.82) is 0 Å². The third-order valence-corrected chi connectivity index (χ3v) is 4.85. The minimum absolute atomic E-state index is 0.138. The van der Waals surface area contributed by atoms with Crippen LogP contribution in [-0.4, -0.2) is 37.1 Å². The van der Waals surface area contributed by atoms with Crippen LogP contribution in [0.2, 0.25) is 0 Å². The van der Waals surface area contributed by atoms with Gasteiger partial charge in [-0.25, -0.2) is 8.42 Å². The number of halogens is 3. The van der Waals surface area contributed by atoms with E-state index in [0.717, 1.165) is 16.4 Å². The van der Waals surface area contributed by atoms with Crippen molar-refractivity contribution < 1.29 is 26.7 Å².